The number of anilines is 1. The lowest BCUT2D eigenvalue weighted by molar-refractivity contribution is -0.139. The standard InChI is InChI=1S/C31H38ClN3O4S/c1-7-24(5)33-31(37)25(6)34(19-26-10-8-9-11-28(26)32)30(36)20-35(29-17-14-22(3)18-23(29)4)40(38,39)27-15-12-21(2)13-16-27/h8-18,24-25H,7,19-20H2,1-6H3,(H,33,37)/t24-,25+/m1/s1. The quantitative estimate of drug-likeness (QED) is 0.309. The van der Waals surface area contributed by atoms with Crippen molar-refractivity contribution in [2.75, 3.05) is 10.8 Å². The second-order valence-corrected chi connectivity index (χ2v) is 12.5. The Morgan fingerprint density at radius 1 is 0.925 bits per heavy atom. The second kappa shape index (κ2) is 13.3. The Balaban J connectivity index is 2.07. The summed E-state index contributed by atoms with van der Waals surface area (Å²) < 4.78 is 29.1. The first-order valence-electron chi connectivity index (χ1n) is 13.3. The van der Waals surface area contributed by atoms with Gasteiger partial charge >= 0.3 is 0 Å². The number of benzene rings is 3. The molecule has 3 aromatic carbocycles. The highest BCUT2D eigenvalue weighted by Crippen LogP contribution is 2.29. The van der Waals surface area contributed by atoms with Crippen molar-refractivity contribution in [2.24, 2.45) is 0 Å². The van der Waals surface area contributed by atoms with Gasteiger partial charge in [0.25, 0.3) is 10.0 Å². The number of nitrogens with zero attached hydrogens (tertiary/aromatic N) is 2. The summed E-state index contributed by atoms with van der Waals surface area (Å²) in [5, 5.41) is 3.38. The number of rotatable bonds is 11. The summed E-state index contributed by atoms with van der Waals surface area (Å²) in [5.41, 5.74) is 3.65. The minimum absolute atomic E-state index is 0.0406. The summed E-state index contributed by atoms with van der Waals surface area (Å²) in [6, 6.07) is 18.0. The van der Waals surface area contributed by atoms with Gasteiger partial charge < -0.3 is 10.2 Å². The number of halogens is 1. The third kappa shape index (κ3) is 7.43. The van der Waals surface area contributed by atoms with Crippen molar-refractivity contribution < 1.29 is 18.0 Å². The number of nitrogens with one attached hydrogen (secondary N) is 1. The van der Waals surface area contributed by atoms with E-state index in [4.69, 9.17) is 11.6 Å². The lowest BCUT2D eigenvalue weighted by Crippen LogP contribution is -2.52. The fourth-order valence-corrected chi connectivity index (χ4v) is 5.97. The molecule has 0 heterocycles. The van der Waals surface area contributed by atoms with Crippen molar-refractivity contribution in [1.29, 1.82) is 0 Å². The van der Waals surface area contributed by atoms with Crippen molar-refractivity contribution >= 4 is 39.1 Å². The molecule has 214 valence electrons. The molecule has 3 rings (SSSR count). The molecule has 0 aliphatic rings. The fraction of sp³-hybridized carbons (Fsp3) is 0.355. The molecule has 40 heavy (non-hydrogen) atoms. The minimum Gasteiger partial charge on any atom is -0.352 e. The number of aryl methyl sites for hydroxylation is 3. The smallest absolute Gasteiger partial charge is 0.264 e. The molecule has 1 N–H and O–H groups in total. The van der Waals surface area contributed by atoms with E-state index in [0.717, 1.165) is 21.9 Å². The van der Waals surface area contributed by atoms with Crippen LogP contribution < -0.4 is 9.62 Å². The lowest BCUT2D eigenvalue weighted by atomic mass is 10.1. The largest absolute Gasteiger partial charge is 0.352 e. The first-order valence-corrected chi connectivity index (χ1v) is 15.2. The monoisotopic (exact) mass is 583 g/mol. The van der Waals surface area contributed by atoms with Crippen LogP contribution in [-0.4, -0.2) is 43.8 Å². The molecule has 9 heteroatoms. The van der Waals surface area contributed by atoms with Crippen molar-refractivity contribution in [3.05, 3.63) is 94.0 Å². The Morgan fingerprint density at radius 3 is 2.15 bits per heavy atom. The lowest BCUT2D eigenvalue weighted by Gasteiger charge is -2.33. The van der Waals surface area contributed by atoms with Crippen molar-refractivity contribution in [2.45, 2.75) is 71.5 Å². The molecule has 2 atom stereocenters. The molecule has 0 fully saturated rings. The average Bonchev–Trinajstić information content (AvgIpc) is 2.91. The van der Waals surface area contributed by atoms with Crippen LogP contribution in [0.15, 0.2) is 71.6 Å². The third-order valence-electron chi connectivity index (χ3n) is 6.98. The Morgan fingerprint density at radius 2 is 1.55 bits per heavy atom. The molecule has 3 aromatic rings. The molecule has 0 spiro atoms. The SMILES string of the molecule is CC[C@@H](C)NC(=O)[C@H](C)N(Cc1ccccc1Cl)C(=O)CN(c1ccc(C)cc1C)S(=O)(=O)c1ccc(C)cc1. The van der Waals surface area contributed by atoms with Crippen molar-refractivity contribution in [3.8, 4) is 0 Å². The van der Waals surface area contributed by atoms with E-state index in [1.54, 1.807) is 49.4 Å². The zero-order chi connectivity index (χ0) is 29.6. The van der Waals surface area contributed by atoms with E-state index in [9.17, 15) is 18.0 Å². The summed E-state index contributed by atoms with van der Waals surface area (Å²) in [6.45, 7) is 10.6. The number of sulfonamides is 1. The van der Waals surface area contributed by atoms with Crippen molar-refractivity contribution in [1.82, 2.24) is 10.2 Å². The van der Waals surface area contributed by atoms with Gasteiger partial charge in [0, 0.05) is 17.6 Å². The van der Waals surface area contributed by atoms with E-state index < -0.39 is 28.5 Å². The Kier molecular flexibility index (Phi) is 10.4. The molecule has 0 saturated carbocycles. The van der Waals surface area contributed by atoms with E-state index in [-0.39, 0.29) is 23.4 Å². The van der Waals surface area contributed by atoms with Gasteiger partial charge in [-0.3, -0.25) is 13.9 Å². The predicted molar refractivity (Wildman–Crippen MR) is 161 cm³/mol. The average molecular weight is 584 g/mol. The van der Waals surface area contributed by atoms with Gasteiger partial charge in [0.2, 0.25) is 11.8 Å². The van der Waals surface area contributed by atoms with Crippen LogP contribution in [0.25, 0.3) is 0 Å². The number of hydrogen-bond acceptors (Lipinski definition) is 4. The molecule has 0 saturated heterocycles. The van der Waals surface area contributed by atoms with Crippen LogP contribution >= 0.6 is 11.6 Å². The van der Waals surface area contributed by atoms with Crippen LogP contribution in [0.3, 0.4) is 0 Å². The number of carbonyl (C=O) groups excluding carboxylic acids is 2. The van der Waals surface area contributed by atoms with Crippen molar-refractivity contribution in [3.63, 3.8) is 0 Å². The molecule has 0 unspecified atom stereocenters. The van der Waals surface area contributed by atoms with Crippen LogP contribution in [0.1, 0.15) is 49.4 Å². The zero-order valence-corrected chi connectivity index (χ0v) is 25.5. The van der Waals surface area contributed by atoms with E-state index in [0.29, 0.717) is 21.8 Å². The van der Waals surface area contributed by atoms with E-state index >= 15 is 0 Å². The highest BCUT2D eigenvalue weighted by molar-refractivity contribution is 7.92. The minimum atomic E-state index is -4.13. The maximum absolute atomic E-state index is 14.1. The summed E-state index contributed by atoms with van der Waals surface area (Å²) in [5.74, 6) is -0.850. The normalized spacial score (nSPS) is 12.9. The van der Waals surface area contributed by atoms with Crippen LogP contribution in [0, 0.1) is 20.8 Å². The van der Waals surface area contributed by atoms with Gasteiger partial charge in [-0.1, -0.05) is 72.1 Å². The maximum Gasteiger partial charge on any atom is 0.264 e. The molecule has 0 aliphatic carbocycles. The molecule has 0 aliphatic heterocycles. The van der Waals surface area contributed by atoms with Crippen LogP contribution in [0.2, 0.25) is 5.02 Å². The van der Waals surface area contributed by atoms with Gasteiger partial charge in [-0.15, -0.1) is 0 Å². The van der Waals surface area contributed by atoms with Gasteiger partial charge in [0.1, 0.15) is 12.6 Å². The number of carbonyl (C=O) groups is 2. The first-order chi connectivity index (χ1) is 18.8. The summed E-state index contributed by atoms with van der Waals surface area (Å²) in [7, 11) is -4.13. The van der Waals surface area contributed by atoms with E-state index in [1.165, 1.54) is 17.0 Å². The summed E-state index contributed by atoms with van der Waals surface area (Å²) >= 11 is 6.42. The van der Waals surface area contributed by atoms with Crippen LogP contribution in [0.4, 0.5) is 5.69 Å². The number of hydrogen-bond donors (Lipinski definition) is 1. The topological polar surface area (TPSA) is 86.8 Å². The molecule has 0 aromatic heterocycles. The Bertz CT molecular complexity index is 1460. The second-order valence-electron chi connectivity index (χ2n) is 10.2. The summed E-state index contributed by atoms with van der Waals surface area (Å²) in [6.07, 6.45) is 0.728. The highest BCUT2D eigenvalue weighted by Gasteiger charge is 2.33. The Labute approximate surface area is 243 Å². The van der Waals surface area contributed by atoms with E-state index in [2.05, 4.69) is 5.32 Å². The molecular formula is C31H38ClN3O4S. The maximum atomic E-state index is 14.1. The molecular weight excluding hydrogens is 546 g/mol. The van der Waals surface area contributed by atoms with Crippen LogP contribution in [-0.2, 0) is 26.2 Å². The van der Waals surface area contributed by atoms with E-state index in [1.807, 2.05) is 46.8 Å². The van der Waals surface area contributed by atoms with Gasteiger partial charge in [-0.25, -0.2) is 8.42 Å². The van der Waals surface area contributed by atoms with Gasteiger partial charge in [0.15, 0.2) is 0 Å². The van der Waals surface area contributed by atoms with Gasteiger partial charge in [-0.2, -0.15) is 0 Å². The predicted octanol–water partition coefficient (Wildman–Crippen LogP) is 5.79. The fourth-order valence-electron chi connectivity index (χ4n) is 4.29. The molecule has 0 radical (unpaired) electrons. The molecule has 0 bridgehead atoms. The third-order valence-corrected chi connectivity index (χ3v) is 9.12. The van der Waals surface area contributed by atoms with Gasteiger partial charge in [0.05, 0.1) is 10.6 Å². The molecule has 2 amide bonds. The molecule has 7 nitrogen and oxygen atoms in total. The van der Waals surface area contributed by atoms with Gasteiger partial charge in [-0.05, 0) is 76.4 Å². The highest BCUT2D eigenvalue weighted by atomic mass is 35.5. The first kappa shape index (κ1) is 31.2. The number of amides is 2. The van der Waals surface area contributed by atoms with Crippen LogP contribution in [0.5, 0.6) is 0 Å². The summed E-state index contributed by atoms with van der Waals surface area (Å²) in [4.78, 5) is 28.7. The Hall–Kier alpha value is -3.36. The zero-order valence-electron chi connectivity index (χ0n) is 23.9.